The zero-order valence-electron chi connectivity index (χ0n) is 12.7. The number of alkyl halides is 3. The summed E-state index contributed by atoms with van der Waals surface area (Å²) in [5, 5.41) is 2.48. The van der Waals surface area contributed by atoms with E-state index in [1.165, 1.54) is 12.1 Å². The first-order valence-electron chi connectivity index (χ1n) is 6.96. The van der Waals surface area contributed by atoms with Gasteiger partial charge < -0.3 is 9.88 Å². The summed E-state index contributed by atoms with van der Waals surface area (Å²) < 4.78 is 51.7. The maximum atomic E-state index is 13.1. The average molecular weight is 342 g/mol. The number of rotatable bonds is 4. The molecule has 1 amide bonds. The van der Waals surface area contributed by atoms with Gasteiger partial charge in [-0.2, -0.15) is 13.2 Å². The lowest BCUT2D eigenvalue weighted by molar-refractivity contribution is -0.138. The molecule has 0 radical (unpaired) electrons. The number of hydrogen-bond donors (Lipinski definition) is 1. The van der Waals surface area contributed by atoms with Crippen LogP contribution in [0.1, 0.15) is 16.7 Å². The van der Waals surface area contributed by atoms with Crippen molar-refractivity contribution in [2.75, 3.05) is 0 Å². The molecular weight excluding hydrogens is 328 g/mol. The highest BCUT2D eigenvalue weighted by Crippen LogP contribution is 2.27. The van der Waals surface area contributed by atoms with E-state index in [1.54, 1.807) is 13.0 Å². The van der Waals surface area contributed by atoms with Crippen LogP contribution >= 0.6 is 0 Å². The molecule has 128 valence electrons. The molecule has 4 nitrogen and oxygen atoms in total. The Hall–Kier alpha value is -2.64. The minimum Gasteiger partial charge on any atom is -0.350 e. The van der Waals surface area contributed by atoms with Crippen LogP contribution in [-0.4, -0.2) is 10.5 Å². The number of carbonyl (C=O) groups excluding carboxylic acids is 1. The third-order valence-corrected chi connectivity index (χ3v) is 3.34. The summed E-state index contributed by atoms with van der Waals surface area (Å²) >= 11 is 0. The van der Waals surface area contributed by atoms with Crippen LogP contribution in [-0.2, 0) is 24.1 Å². The quantitative estimate of drug-likeness (QED) is 0.869. The molecule has 0 saturated carbocycles. The molecule has 2 rings (SSSR count). The largest absolute Gasteiger partial charge is 0.417 e. The number of aromatic nitrogens is 1. The van der Waals surface area contributed by atoms with Crippen LogP contribution in [0.5, 0.6) is 0 Å². The fourth-order valence-corrected chi connectivity index (χ4v) is 2.05. The van der Waals surface area contributed by atoms with Gasteiger partial charge in [-0.1, -0.05) is 12.1 Å². The number of amides is 1. The van der Waals surface area contributed by atoms with Gasteiger partial charge >= 0.3 is 6.18 Å². The van der Waals surface area contributed by atoms with E-state index in [0.717, 1.165) is 6.07 Å². The van der Waals surface area contributed by atoms with E-state index >= 15 is 0 Å². The van der Waals surface area contributed by atoms with E-state index in [0.29, 0.717) is 28.0 Å². The lowest BCUT2D eigenvalue weighted by Gasteiger charge is -2.11. The maximum absolute atomic E-state index is 13.1. The van der Waals surface area contributed by atoms with Crippen LogP contribution in [0.3, 0.4) is 0 Å². The summed E-state index contributed by atoms with van der Waals surface area (Å²) in [6.07, 6.45) is -4.00. The predicted octanol–water partition coefficient (Wildman–Crippen LogP) is 2.63. The number of nitrogens with zero attached hydrogens (tertiary/aromatic N) is 1. The predicted molar refractivity (Wildman–Crippen MR) is 78.7 cm³/mol. The highest BCUT2D eigenvalue weighted by Gasteiger charge is 2.31. The van der Waals surface area contributed by atoms with E-state index in [2.05, 4.69) is 5.32 Å². The van der Waals surface area contributed by atoms with Gasteiger partial charge in [0.1, 0.15) is 12.4 Å². The monoisotopic (exact) mass is 342 g/mol. The highest BCUT2D eigenvalue weighted by atomic mass is 19.4. The SMILES string of the molecule is Cc1cc(CNC(=O)Cn2cc(C(F)(F)F)ccc2=O)ccc1F. The first kappa shape index (κ1) is 17.7. The zero-order chi connectivity index (χ0) is 17.9. The Labute approximate surface area is 134 Å². The van der Waals surface area contributed by atoms with Gasteiger partial charge in [-0.3, -0.25) is 9.59 Å². The van der Waals surface area contributed by atoms with Crippen molar-refractivity contribution in [3.8, 4) is 0 Å². The van der Waals surface area contributed by atoms with Crippen LogP contribution in [0.15, 0.2) is 41.3 Å². The first-order chi connectivity index (χ1) is 11.2. The second kappa shape index (κ2) is 6.86. The second-order valence-corrected chi connectivity index (χ2v) is 5.24. The Balaban J connectivity index is 2.04. The van der Waals surface area contributed by atoms with Crippen molar-refractivity contribution in [3.63, 3.8) is 0 Å². The summed E-state index contributed by atoms with van der Waals surface area (Å²) in [4.78, 5) is 23.4. The molecule has 0 spiro atoms. The van der Waals surface area contributed by atoms with Crippen LogP contribution in [0, 0.1) is 12.7 Å². The van der Waals surface area contributed by atoms with Crippen molar-refractivity contribution in [3.05, 3.63) is 69.4 Å². The average Bonchev–Trinajstić information content (AvgIpc) is 2.49. The minimum absolute atomic E-state index is 0.0770. The molecule has 8 heteroatoms. The Morgan fingerprint density at radius 2 is 1.92 bits per heavy atom. The standard InChI is InChI=1S/C16H14F4N2O2/c1-10-6-11(2-4-13(10)17)7-21-14(23)9-22-8-12(16(18,19)20)3-5-15(22)24/h2-6,8H,7,9H2,1H3,(H,21,23). The number of carbonyl (C=O) groups is 1. The van der Waals surface area contributed by atoms with E-state index in [9.17, 15) is 27.2 Å². The molecule has 0 unspecified atom stereocenters. The lowest BCUT2D eigenvalue weighted by Crippen LogP contribution is -2.32. The van der Waals surface area contributed by atoms with E-state index < -0.39 is 29.8 Å². The van der Waals surface area contributed by atoms with Crippen molar-refractivity contribution in [1.82, 2.24) is 9.88 Å². The lowest BCUT2D eigenvalue weighted by atomic mass is 10.1. The fourth-order valence-electron chi connectivity index (χ4n) is 2.05. The fraction of sp³-hybridized carbons (Fsp3) is 0.250. The summed E-state index contributed by atoms with van der Waals surface area (Å²) in [5.74, 6) is -1.00. The molecule has 1 N–H and O–H groups in total. The van der Waals surface area contributed by atoms with Crippen molar-refractivity contribution in [2.24, 2.45) is 0 Å². The maximum Gasteiger partial charge on any atom is 0.417 e. The van der Waals surface area contributed by atoms with Crippen LogP contribution < -0.4 is 10.9 Å². The minimum atomic E-state index is -4.60. The molecule has 0 fully saturated rings. The van der Waals surface area contributed by atoms with Crippen LogP contribution in [0.2, 0.25) is 0 Å². The Morgan fingerprint density at radius 1 is 1.21 bits per heavy atom. The number of benzene rings is 1. The van der Waals surface area contributed by atoms with Gasteiger partial charge in [0, 0.05) is 18.8 Å². The summed E-state index contributed by atoms with van der Waals surface area (Å²) in [7, 11) is 0. The Kier molecular flexibility index (Phi) is 5.06. The van der Waals surface area contributed by atoms with E-state index in [4.69, 9.17) is 0 Å². The third-order valence-electron chi connectivity index (χ3n) is 3.34. The zero-order valence-corrected chi connectivity index (χ0v) is 12.7. The molecule has 0 bridgehead atoms. The summed E-state index contributed by atoms with van der Waals surface area (Å²) in [6.45, 7) is 1.11. The molecule has 1 aromatic carbocycles. The molecule has 1 heterocycles. The Bertz CT molecular complexity index is 812. The van der Waals surface area contributed by atoms with Gasteiger partial charge in [0.2, 0.25) is 5.91 Å². The van der Waals surface area contributed by atoms with Crippen LogP contribution in [0.25, 0.3) is 0 Å². The summed E-state index contributed by atoms with van der Waals surface area (Å²) in [6, 6.07) is 5.72. The molecule has 0 aliphatic heterocycles. The second-order valence-electron chi connectivity index (χ2n) is 5.24. The highest BCUT2D eigenvalue weighted by molar-refractivity contribution is 5.75. The third kappa shape index (κ3) is 4.43. The van der Waals surface area contributed by atoms with Gasteiger partial charge in [0.05, 0.1) is 5.56 Å². The number of pyridine rings is 1. The molecule has 0 aliphatic carbocycles. The molecular formula is C16H14F4N2O2. The smallest absolute Gasteiger partial charge is 0.350 e. The van der Waals surface area contributed by atoms with Gasteiger partial charge in [-0.15, -0.1) is 0 Å². The van der Waals surface area contributed by atoms with Gasteiger partial charge in [0.15, 0.2) is 0 Å². The number of hydrogen-bond acceptors (Lipinski definition) is 2. The van der Waals surface area contributed by atoms with E-state index in [1.807, 2.05) is 0 Å². The van der Waals surface area contributed by atoms with Crippen molar-refractivity contribution in [2.45, 2.75) is 26.2 Å². The summed E-state index contributed by atoms with van der Waals surface area (Å²) in [5.41, 5.74) is -0.672. The Morgan fingerprint density at radius 3 is 2.54 bits per heavy atom. The topological polar surface area (TPSA) is 51.1 Å². The van der Waals surface area contributed by atoms with E-state index in [-0.39, 0.29) is 12.4 Å². The molecule has 2 aromatic rings. The van der Waals surface area contributed by atoms with Gasteiger partial charge in [-0.25, -0.2) is 4.39 Å². The number of nitrogens with one attached hydrogen (secondary N) is 1. The molecule has 0 aliphatic rings. The molecule has 1 aromatic heterocycles. The first-order valence-corrected chi connectivity index (χ1v) is 6.96. The van der Waals surface area contributed by atoms with Crippen molar-refractivity contribution >= 4 is 5.91 Å². The van der Waals surface area contributed by atoms with Crippen LogP contribution in [0.4, 0.5) is 17.6 Å². The van der Waals surface area contributed by atoms with Crippen molar-refractivity contribution < 1.29 is 22.4 Å². The number of halogens is 4. The van der Waals surface area contributed by atoms with Gasteiger partial charge in [0.25, 0.3) is 5.56 Å². The molecule has 24 heavy (non-hydrogen) atoms. The molecule has 0 atom stereocenters. The van der Waals surface area contributed by atoms with Crippen molar-refractivity contribution in [1.29, 1.82) is 0 Å². The molecule has 0 saturated heterocycles. The van der Waals surface area contributed by atoms with Gasteiger partial charge in [-0.05, 0) is 30.2 Å². The number of aryl methyl sites for hydroxylation is 1. The normalized spacial score (nSPS) is 11.4.